The minimum atomic E-state index is -1.26. The van der Waals surface area contributed by atoms with E-state index < -0.39 is 17.3 Å². The van der Waals surface area contributed by atoms with E-state index in [-0.39, 0.29) is 12.6 Å². The molecule has 0 spiro atoms. The normalized spacial score (nSPS) is 21.6. The summed E-state index contributed by atoms with van der Waals surface area (Å²) in [6.07, 6.45) is 1.96. The van der Waals surface area contributed by atoms with Crippen LogP contribution in [-0.2, 0) is 20.9 Å². The molecule has 1 fully saturated rings. The highest BCUT2D eigenvalue weighted by atomic mass is 16.5. The molecule has 4 rings (SSSR count). The molecule has 1 amide bonds. The lowest BCUT2D eigenvalue weighted by atomic mass is 9.72. The first-order valence-electron chi connectivity index (χ1n) is 9.79. The van der Waals surface area contributed by atoms with Crippen molar-refractivity contribution in [3.05, 3.63) is 60.2 Å². The third-order valence-corrected chi connectivity index (χ3v) is 5.64. The molecular formula is C22H24N4O3. The second kappa shape index (κ2) is 7.95. The molecule has 0 aliphatic heterocycles. The van der Waals surface area contributed by atoms with E-state index in [1.807, 2.05) is 54.6 Å². The summed E-state index contributed by atoms with van der Waals surface area (Å²) in [5, 5.41) is 3.37. The van der Waals surface area contributed by atoms with Crippen LogP contribution < -0.4 is 11.1 Å². The summed E-state index contributed by atoms with van der Waals surface area (Å²) in [7, 11) is 0. The maximum Gasteiger partial charge on any atom is 0.321 e. The van der Waals surface area contributed by atoms with E-state index in [1.165, 1.54) is 0 Å². The van der Waals surface area contributed by atoms with Crippen LogP contribution in [0.5, 0.6) is 0 Å². The predicted octanol–water partition coefficient (Wildman–Crippen LogP) is 3.13. The number of imidazole rings is 1. The van der Waals surface area contributed by atoms with E-state index >= 15 is 0 Å². The van der Waals surface area contributed by atoms with Gasteiger partial charge in [-0.2, -0.15) is 0 Å². The summed E-state index contributed by atoms with van der Waals surface area (Å²) in [5.74, 6) is -0.455. The zero-order valence-corrected chi connectivity index (χ0v) is 16.1. The molecule has 150 valence electrons. The fourth-order valence-corrected chi connectivity index (χ4v) is 3.88. The number of benzene rings is 2. The average molecular weight is 392 g/mol. The van der Waals surface area contributed by atoms with E-state index in [2.05, 4.69) is 15.3 Å². The highest BCUT2D eigenvalue weighted by Gasteiger charge is 2.48. The molecule has 1 heterocycles. The maximum atomic E-state index is 12.8. The largest absolute Gasteiger partial charge is 0.460 e. The fraction of sp³-hybridized carbons (Fsp3) is 0.318. The topological polar surface area (TPSA) is 110 Å². The first-order chi connectivity index (χ1) is 14.1. The van der Waals surface area contributed by atoms with Crippen molar-refractivity contribution in [2.75, 3.05) is 5.32 Å². The Morgan fingerprint density at radius 3 is 2.48 bits per heavy atom. The van der Waals surface area contributed by atoms with Gasteiger partial charge < -0.3 is 20.8 Å². The van der Waals surface area contributed by atoms with E-state index in [9.17, 15) is 9.59 Å². The Hall–Kier alpha value is -3.35. The Bertz CT molecular complexity index is 974. The number of carbonyl (C=O) groups excluding carboxylic acids is 2. The van der Waals surface area contributed by atoms with Crippen molar-refractivity contribution < 1.29 is 14.3 Å². The van der Waals surface area contributed by atoms with Crippen LogP contribution in [0.2, 0.25) is 0 Å². The number of amides is 1. The van der Waals surface area contributed by atoms with Gasteiger partial charge in [-0.25, -0.2) is 4.98 Å². The van der Waals surface area contributed by atoms with Crippen molar-refractivity contribution in [1.82, 2.24) is 9.97 Å². The maximum absolute atomic E-state index is 12.8. The lowest BCUT2D eigenvalue weighted by Crippen LogP contribution is -2.48. The summed E-state index contributed by atoms with van der Waals surface area (Å²) in [6.45, 7) is 0.134. The summed E-state index contributed by atoms with van der Waals surface area (Å²) >= 11 is 0. The predicted molar refractivity (Wildman–Crippen MR) is 110 cm³/mol. The Kier molecular flexibility index (Phi) is 5.20. The molecular weight excluding hydrogens is 368 g/mol. The molecule has 0 radical (unpaired) electrons. The van der Waals surface area contributed by atoms with E-state index in [1.54, 1.807) is 0 Å². The van der Waals surface area contributed by atoms with Crippen molar-refractivity contribution in [2.45, 2.75) is 38.3 Å². The highest BCUT2D eigenvalue weighted by Crippen LogP contribution is 2.38. The number of H-pyrrole nitrogens is 1. The molecule has 4 N–H and O–H groups in total. The van der Waals surface area contributed by atoms with Gasteiger partial charge in [0.1, 0.15) is 12.0 Å². The lowest BCUT2D eigenvalue weighted by Gasteiger charge is -2.35. The van der Waals surface area contributed by atoms with Crippen molar-refractivity contribution in [1.29, 1.82) is 0 Å². The monoisotopic (exact) mass is 392 g/mol. The van der Waals surface area contributed by atoms with Crippen LogP contribution >= 0.6 is 0 Å². The zero-order chi connectivity index (χ0) is 20.3. The Morgan fingerprint density at radius 1 is 1.10 bits per heavy atom. The van der Waals surface area contributed by atoms with Crippen LogP contribution in [0.3, 0.4) is 0 Å². The number of fused-ring (bicyclic) bond motifs is 1. The number of hydrogen-bond donors (Lipinski definition) is 3. The van der Waals surface area contributed by atoms with E-state index in [0.29, 0.717) is 31.6 Å². The zero-order valence-electron chi connectivity index (χ0n) is 16.1. The third-order valence-electron chi connectivity index (χ3n) is 5.64. The van der Waals surface area contributed by atoms with Gasteiger partial charge in [0.2, 0.25) is 11.9 Å². The number of primary amides is 1. The first kappa shape index (κ1) is 19.0. The molecule has 0 atom stereocenters. The van der Waals surface area contributed by atoms with Crippen LogP contribution in [-0.4, -0.2) is 27.9 Å². The highest BCUT2D eigenvalue weighted by molar-refractivity contribution is 6.02. The van der Waals surface area contributed by atoms with Crippen LogP contribution in [0.1, 0.15) is 31.2 Å². The number of nitrogens with zero attached hydrogens (tertiary/aromatic N) is 1. The second-order valence-corrected chi connectivity index (χ2v) is 7.53. The minimum Gasteiger partial charge on any atom is -0.460 e. The van der Waals surface area contributed by atoms with Gasteiger partial charge in [-0.15, -0.1) is 0 Å². The lowest BCUT2D eigenvalue weighted by molar-refractivity contribution is -0.164. The standard InChI is InChI=1S/C22H24N4O3/c23-19(27)22(20(28)29-14-15-6-2-1-3-7-15)12-10-16(11-13-22)24-21-25-17-8-4-5-9-18(17)26-21/h1-9,16H,10-14H2,(H2,23,27)(H2,24,25,26). The molecule has 7 heteroatoms. The summed E-state index contributed by atoms with van der Waals surface area (Å²) in [5.41, 5.74) is 7.11. The van der Waals surface area contributed by atoms with Crippen LogP contribution in [0, 0.1) is 5.41 Å². The van der Waals surface area contributed by atoms with Crippen molar-refractivity contribution in [3.8, 4) is 0 Å². The van der Waals surface area contributed by atoms with Crippen LogP contribution in [0.4, 0.5) is 5.95 Å². The number of rotatable bonds is 6. The number of nitrogens with one attached hydrogen (secondary N) is 2. The molecule has 1 aliphatic rings. The first-order valence-corrected chi connectivity index (χ1v) is 9.79. The number of esters is 1. The second-order valence-electron chi connectivity index (χ2n) is 7.53. The fourth-order valence-electron chi connectivity index (χ4n) is 3.88. The van der Waals surface area contributed by atoms with Gasteiger partial charge in [0.15, 0.2) is 0 Å². The van der Waals surface area contributed by atoms with E-state index in [4.69, 9.17) is 10.5 Å². The number of ether oxygens (including phenoxy) is 1. The van der Waals surface area contributed by atoms with Gasteiger partial charge in [-0.3, -0.25) is 9.59 Å². The number of nitrogens with two attached hydrogens (primary N) is 1. The summed E-state index contributed by atoms with van der Waals surface area (Å²) in [4.78, 5) is 32.7. The molecule has 3 aromatic rings. The smallest absolute Gasteiger partial charge is 0.321 e. The summed E-state index contributed by atoms with van der Waals surface area (Å²) < 4.78 is 5.45. The SMILES string of the molecule is NC(=O)C1(C(=O)OCc2ccccc2)CCC(Nc2nc3ccccc3[nH]2)CC1. The van der Waals surface area contributed by atoms with Crippen LogP contribution in [0.25, 0.3) is 11.0 Å². The number of hydrogen-bond acceptors (Lipinski definition) is 5. The number of aromatic nitrogens is 2. The van der Waals surface area contributed by atoms with Gasteiger partial charge in [0, 0.05) is 6.04 Å². The Balaban J connectivity index is 1.38. The van der Waals surface area contributed by atoms with Gasteiger partial charge in [0.05, 0.1) is 11.0 Å². The number of anilines is 1. The molecule has 1 aromatic heterocycles. The quantitative estimate of drug-likeness (QED) is 0.441. The molecule has 1 aliphatic carbocycles. The number of aromatic amines is 1. The number of carbonyl (C=O) groups is 2. The van der Waals surface area contributed by atoms with Gasteiger partial charge >= 0.3 is 5.97 Å². The molecule has 0 bridgehead atoms. The average Bonchev–Trinajstić information content (AvgIpc) is 3.15. The van der Waals surface area contributed by atoms with Crippen molar-refractivity contribution >= 4 is 28.9 Å². The van der Waals surface area contributed by atoms with Gasteiger partial charge in [0.25, 0.3) is 0 Å². The molecule has 0 saturated heterocycles. The molecule has 29 heavy (non-hydrogen) atoms. The molecule has 0 unspecified atom stereocenters. The summed E-state index contributed by atoms with van der Waals surface area (Å²) in [6, 6.07) is 17.3. The number of para-hydroxylation sites is 2. The Morgan fingerprint density at radius 2 is 1.79 bits per heavy atom. The molecule has 7 nitrogen and oxygen atoms in total. The third kappa shape index (κ3) is 3.94. The van der Waals surface area contributed by atoms with Gasteiger partial charge in [-0.05, 0) is 43.4 Å². The molecule has 1 saturated carbocycles. The Labute approximate surface area is 168 Å². The van der Waals surface area contributed by atoms with Gasteiger partial charge in [-0.1, -0.05) is 42.5 Å². The van der Waals surface area contributed by atoms with Crippen molar-refractivity contribution in [3.63, 3.8) is 0 Å². The minimum absolute atomic E-state index is 0.102. The van der Waals surface area contributed by atoms with Crippen molar-refractivity contribution in [2.24, 2.45) is 11.1 Å². The van der Waals surface area contributed by atoms with E-state index in [0.717, 1.165) is 16.6 Å². The molecule has 2 aromatic carbocycles. The van der Waals surface area contributed by atoms with Crippen LogP contribution in [0.15, 0.2) is 54.6 Å².